The summed E-state index contributed by atoms with van der Waals surface area (Å²) in [5.74, 6) is -0.337. The Balaban J connectivity index is 1.93. The molecule has 0 radical (unpaired) electrons. The summed E-state index contributed by atoms with van der Waals surface area (Å²) in [4.78, 5) is 17.4. The molecule has 0 aliphatic heterocycles. The number of halogens is 6. The van der Waals surface area contributed by atoms with E-state index in [1.165, 1.54) is 38.5 Å². The van der Waals surface area contributed by atoms with Gasteiger partial charge < -0.3 is 24.1 Å². The van der Waals surface area contributed by atoms with Crippen molar-refractivity contribution in [1.82, 2.24) is 9.88 Å². The number of methoxy groups -OCH3 is 2. The zero-order valence-electron chi connectivity index (χ0n) is 20.2. The van der Waals surface area contributed by atoms with E-state index < -0.39 is 30.7 Å². The van der Waals surface area contributed by atoms with Crippen LogP contribution in [-0.2, 0) is 6.54 Å². The van der Waals surface area contributed by atoms with Crippen LogP contribution < -0.4 is 24.3 Å². The van der Waals surface area contributed by atoms with Crippen LogP contribution in [0.2, 0.25) is 0 Å². The van der Waals surface area contributed by atoms with Gasteiger partial charge in [0.05, 0.1) is 32.0 Å². The average molecular weight is 564 g/mol. The van der Waals surface area contributed by atoms with Gasteiger partial charge >= 0.3 is 12.5 Å². The zero-order valence-corrected chi connectivity index (χ0v) is 21.0. The van der Waals surface area contributed by atoms with E-state index >= 15 is 0 Å². The molecule has 0 aliphatic rings. The van der Waals surface area contributed by atoms with Gasteiger partial charge in [0.1, 0.15) is 17.2 Å². The van der Waals surface area contributed by atoms with Crippen molar-refractivity contribution in [3.63, 3.8) is 0 Å². The quantitative estimate of drug-likeness (QED) is 0.264. The fourth-order valence-corrected chi connectivity index (χ4v) is 4.34. The molecule has 0 atom stereocenters. The van der Waals surface area contributed by atoms with Crippen molar-refractivity contribution in [3.8, 4) is 28.5 Å². The Morgan fingerprint density at radius 1 is 1.00 bits per heavy atom. The molecule has 0 bridgehead atoms. The highest BCUT2D eigenvalue weighted by molar-refractivity contribution is 7.07. The van der Waals surface area contributed by atoms with E-state index in [4.69, 9.17) is 9.47 Å². The number of nitrogens with one attached hydrogen (secondary N) is 1. The Bertz CT molecular complexity index is 1300. The van der Waals surface area contributed by atoms with Crippen molar-refractivity contribution >= 4 is 17.2 Å². The Kier molecular flexibility index (Phi) is 9.44. The van der Waals surface area contributed by atoms with Gasteiger partial charge in [-0.25, -0.2) is 0 Å². The number of alkyl halides is 6. The van der Waals surface area contributed by atoms with Gasteiger partial charge in [-0.15, -0.1) is 24.5 Å². The molecule has 38 heavy (non-hydrogen) atoms. The van der Waals surface area contributed by atoms with E-state index in [-0.39, 0.29) is 35.6 Å². The smallest absolute Gasteiger partial charge is 0.497 e. The number of ether oxygens (including phenoxy) is 3. The largest absolute Gasteiger partial charge is 0.573 e. The van der Waals surface area contributed by atoms with Crippen molar-refractivity contribution in [2.45, 2.75) is 25.5 Å². The third kappa shape index (κ3) is 8.25. The second kappa shape index (κ2) is 12.3. The van der Waals surface area contributed by atoms with E-state index in [9.17, 15) is 31.1 Å². The second-order valence-corrected chi connectivity index (χ2v) is 8.59. The summed E-state index contributed by atoms with van der Waals surface area (Å²) in [5.41, 5.74) is 1.17. The SMILES string of the molecule is COc1ccc(C(=O)/N=c2\scc(-c3ccc(OC(F)(F)F)cc3)n2CCCNCC(F)(F)F)c(OC)c1. The Hall–Kier alpha value is -3.52. The molecule has 0 unspecified atom stereocenters. The summed E-state index contributed by atoms with van der Waals surface area (Å²) in [6.45, 7) is -0.946. The Labute approximate surface area is 217 Å². The Morgan fingerprint density at radius 2 is 1.68 bits per heavy atom. The van der Waals surface area contributed by atoms with E-state index in [1.54, 1.807) is 16.0 Å². The first kappa shape index (κ1) is 29.0. The summed E-state index contributed by atoms with van der Waals surface area (Å²) in [7, 11) is 2.84. The number of carbonyl (C=O) groups excluding carboxylic acids is 1. The molecular formula is C24H23F6N3O4S. The molecule has 2 aromatic carbocycles. The lowest BCUT2D eigenvalue weighted by Crippen LogP contribution is -2.30. The molecule has 1 heterocycles. The highest BCUT2D eigenvalue weighted by atomic mass is 32.1. The minimum Gasteiger partial charge on any atom is -0.497 e. The summed E-state index contributed by atoms with van der Waals surface area (Å²) in [6, 6.07) is 9.66. The van der Waals surface area contributed by atoms with Crippen LogP contribution >= 0.6 is 11.3 Å². The van der Waals surface area contributed by atoms with Crippen molar-refractivity contribution in [3.05, 3.63) is 58.2 Å². The van der Waals surface area contributed by atoms with Crippen molar-refractivity contribution in [1.29, 1.82) is 0 Å². The van der Waals surface area contributed by atoms with Crippen LogP contribution in [-0.4, -0.2) is 50.3 Å². The number of rotatable bonds is 10. The Morgan fingerprint density at radius 3 is 2.29 bits per heavy atom. The molecule has 1 amide bonds. The van der Waals surface area contributed by atoms with Crippen molar-refractivity contribution in [2.75, 3.05) is 27.3 Å². The summed E-state index contributed by atoms with van der Waals surface area (Å²) in [6.07, 6.45) is -8.95. The molecule has 1 N–H and O–H groups in total. The molecule has 0 aliphatic carbocycles. The standard InChI is InChI=1S/C24H23F6N3O4S/c1-35-17-8-9-18(20(12-17)36-2)21(34)32-22-33(11-3-10-31-14-23(25,26)27)19(13-38-22)15-4-6-16(7-5-15)37-24(28,29)30/h4-9,12-13,31H,3,10-11,14H2,1-2H3/b32-22-. The van der Waals surface area contributed by atoms with E-state index in [1.807, 2.05) is 0 Å². The lowest BCUT2D eigenvalue weighted by atomic mass is 10.1. The molecule has 0 fully saturated rings. The number of hydrogen-bond donors (Lipinski definition) is 1. The molecule has 14 heteroatoms. The van der Waals surface area contributed by atoms with Crippen LogP contribution in [0, 0.1) is 0 Å². The second-order valence-electron chi connectivity index (χ2n) is 7.76. The van der Waals surface area contributed by atoms with Crippen LogP contribution in [0.4, 0.5) is 26.3 Å². The van der Waals surface area contributed by atoms with E-state index in [2.05, 4.69) is 15.0 Å². The first-order valence-electron chi connectivity index (χ1n) is 11.0. The molecule has 3 rings (SSSR count). The number of aromatic nitrogens is 1. The fraction of sp³-hybridized carbons (Fsp3) is 0.333. The maximum atomic E-state index is 13.0. The van der Waals surface area contributed by atoms with Crippen LogP contribution in [0.15, 0.2) is 52.8 Å². The van der Waals surface area contributed by atoms with Crippen LogP contribution in [0.5, 0.6) is 17.2 Å². The lowest BCUT2D eigenvalue weighted by Gasteiger charge is -2.12. The van der Waals surface area contributed by atoms with Gasteiger partial charge in [0.15, 0.2) is 4.80 Å². The summed E-state index contributed by atoms with van der Waals surface area (Å²) in [5, 5.41) is 3.96. The average Bonchev–Trinajstić information content (AvgIpc) is 3.24. The third-order valence-corrected chi connectivity index (χ3v) is 5.94. The van der Waals surface area contributed by atoms with Crippen LogP contribution in [0.25, 0.3) is 11.3 Å². The molecule has 1 aromatic heterocycles. The topological polar surface area (TPSA) is 74.1 Å². The normalized spacial score (nSPS) is 12.5. The molecule has 0 saturated carbocycles. The monoisotopic (exact) mass is 563 g/mol. The number of thiazole rings is 1. The zero-order chi connectivity index (χ0) is 27.9. The first-order chi connectivity index (χ1) is 17.9. The predicted molar refractivity (Wildman–Crippen MR) is 127 cm³/mol. The van der Waals surface area contributed by atoms with Crippen molar-refractivity contribution < 1.29 is 45.3 Å². The summed E-state index contributed by atoms with van der Waals surface area (Å²) < 4.78 is 90.7. The lowest BCUT2D eigenvalue weighted by molar-refractivity contribution is -0.274. The molecule has 206 valence electrons. The third-order valence-electron chi connectivity index (χ3n) is 5.08. The van der Waals surface area contributed by atoms with Gasteiger partial charge in [-0.2, -0.15) is 18.2 Å². The number of benzene rings is 2. The first-order valence-corrected chi connectivity index (χ1v) is 11.9. The van der Waals surface area contributed by atoms with Gasteiger partial charge in [0, 0.05) is 18.0 Å². The molecule has 0 spiro atoms. The van der Waals surface area contributed by atoms with Gasteiger partial charge in [-0.1, -0.05) is 0 Å². The highest BCUT2D eigenvalue weighted by Gasteiger charge is 2.31. The van der Waals surface area contributed by atoms with E-state index in [0.29, 0.717) is 17.0 Å². The number of nitrogens with zero attached hydrogens (tertiary/aromatic N) is 2. The van der Waals surface area contributed by atoms with Gasteiger partial charge in [-0.3, -0.25) is 4.79 Å². The molecular weight excluding hydrogens is 540 g/mol. The maximum absolute atomic E-state index is 13.0. The minimum atomic E-state index is -4.85. The maximum Gasteiger partial charge on any atom is 0.573 e. The number of carbonyl (C=O) groups is 1. The van der Waals surface area contributed by atoms with Crippen LogP contribution in [0.3, 0.4) is 0 Å². The number of hydrogen-bond acceptors (Lipinski definition) is 6. The fourth-order valence-electron chi connectivity index (χ4n) is 3.41. The van der Waals surface area contributed by atoms with Crippen molar-refractivity contribution in [2.24, 2.45) is 4.99 Å². The summed E-state index contributed by atoms with van der Waals surface area (Å²) >= 11 is 1.10. The van der Waals surface area contributed by atoms with Crippen LogP contribution in [0.1, 0.15) is 16.8 Å². The van der Waals surface area contributed by atoms with Gasteiger partial charge in [0.25, 0.3) is 5.91 Å². The predicted octanol–water partition coefficient (Wildman–Crippen LogP) is 5.42. The minimum absolute atomic E-state index is 0.0276. The molecule has 3 aromatic rings. The molecule has 7 nitrogen and oxygen atoms in total. The van der Waals surface area contributed by atoms with Gasteiger partial charge in [0.2, 0.25) is 0 Å². The molecule has 0 saturated heterocycles. The van der Waals surface area contributed by atoms with E-state index in [0.717, 1.165) is 23.5 Å². The van der Waals surface area contributed by atoms with Gasteiger partial charge in [-0.05, 0) is 54.9 Å². The highest BCUT2D eigenvalue weighted by Crippen LogP contribution is 2.28. The number of amides is 1.